The molecule has 2 aromatic carbocycles. The summed E-state index contributed by atoms with van der Waals surface area (Å²) in [7, 11) is 0. The van der Waals surface area contributed by atoms with E-state index in [1.807, 2.05) is 32.0 Å². The second kappa shape index (κ2) is 9.56. The molecule has 2 amide bonds. The predicted molar refractivity (Wildman–Crippen MR) is 117 cm³/mol. The summed E-state index contributed by atoms with van der Waals surface area (Å²) in [6, 6.07) is 10.8. The van der Waals surface area contributed by atoms with Crippen molar-refractivity contribution >= 4 is 11.8 Å². The van der Waals surface area contributed by atoms with Crippen LogP contribution in [0.1, 0.15) is 29.8 Å². The zero-order valence-electron chi connectivity index (χ0n) is 18.3. The van der Waals surface area contributed by atoms with E-state index in [0.29, 0.717) is 13.1 Å². The van der Waals surface area contributed by atoms with Gasteiger partial charge in [0.15, 0.2) is 11.5 Å². The molecule has 8 heteroatoms. The zero-order valence-corrected chi connectivity index (χ0v) is 18.3. The molecule has 0 saturated carbocycles. The van der Waals surface area contributed by atoms with Crippen LogP contribution in [0, 0.1) is 11.7 Å². The van der Waals surface area contributed by atoms with E-state index in [2.05, 4.69) is 10.2 Å². The molecule has 2 aliphatic rings. The summed E-state index contributed by atoms with van der Waals surface area (Å²) in [4.78, 5) is 29.8. The number of nitrogens with one attached hydrogen (secondary N) is 1. The van der Waals surface area contributed by atoms with Gasteiger partial charge in [0.2, 0.25) is 12.7 Å². The first-order chi connectivity index (χ1) is 15.4. The lowest BCUT2D eigenvalue weighted by molar-refractivity contribution is -0.136. The normalized spacial score (nSPS) is 16.8. The summed E-state index contributed by atoms with van der Waals surface area (Å²) in [6.07, 6.45) is 0. The van der Waals surface area contributed by atoms with Gasteiger partial charge in [0.25, 0.3) is 5.91 Å². The van der Waals surface area contributed by atoms with E-state index in [0.717, 1.165) is 36.7 Å². The fourth-order valence-electron chi connectivity index (χ4n) is 3.99. The van der Waals surface area contributed by atoms with Gasteiger partial charge in [0.1, 0.15) is 11.9 Å². The molecule has 0 aromatic heterocycles. The minimum atomic E-state index is -0.661. The van der Waals surface area contributed by atoms with Crippen LogP contribution in [0.25, 0.3) is 0 Å². The third-order valence-corrected chi connectivity index (χ3v) is 5.83. The highest BCUT2D eigenvalue weighted by atomic mass is 19.1. The van der Waals surface area contributed by atoms with Crippen molar-refractivity contribution in [2.45, 2.75) is 26.4 Å². The molecule has 2 heterocycles. The number of nitrogens with zero attached hydrogens (tertiary/aromatic N) is 2. The van der Waals surface area contributed by atoms with Crippen LogP contribution >= 0.6 is 0 Å². The largest absolute Gasteiger partial charge is 0.454 e. The van der Waals surface area contributed by atoms with E-state index in [4.69, 9.17) is 9.47 Å². The first kappa shape index (κ1) is 22.1. The van der Waals surface area contributed by atoms with Crippen LogP contribution in [0.3, 0.4) is 0 Å². The molecular formula is C24H28FN3O4. The topological polar surface area (TPSA) is 71.1 Å². The Morgan fingerprint density at radius 3 is 2.50 bits per heavy atom. The fraction of sp³-hybridized carbons (Fsp3) is 0.417. The third kappa shape index (κ3) is 5.02. The number of carbonyl (C=O) groups excluding carboxylic acids is 2. The third-order valence-electron chi connectivity index (χ3n) is 5.83. The summed E-state index contributed by atoms with van der Waals surface area (Å²) in [5.74, 6) is 0.412. The Bertz CT molecular complexity index is 989. The van der Waals surface area contributed by atoms with Gasteiger partial charge >= 0.3 is 0 Å². The summed E-state index contributed by atoms with van der Waals surface area (Å²) in [5, 5.41) is 2.80. The van der Waals surface area contributed by atoms with E-state index in [1.54, 1.807) is 4.90 Å². The molecular weight excluding hydrogens is 413 g/mol. The number of benzene rings is 2. The number of carbonyl (C=O) groups is 2. The number of piperazine rings is 1. The molecule has 7 nitrogen and oxygen atoms in total. The molecule has 1 fully saturated rings. The Morgan fingerprint density at radius 2 is 1.78 bits per heavy atom. The van der Waals surface area contributed by atoms with E-state index in [9.17, 15) is 14.0 Å². The van der Waals surface area contributed by atoms with Gasteiger partial charge < -0.3 is 19.7 Å². The van der Waals surface area contributed by atoms with E-state index >= 15 is 0 Å². The lowest BCUT2D eigenvalue weighted by Crippen LogP contribution is -2.56. The highest BCUT2D eigenvalue weighted by Crippen LogP contribution is 2.32. The van der Waals surface area contributed by atoms with E-state index in [-0.39, 0.29) is 24.2 Å². The minimum Gasteiger partial charge on any atom is -0.454 e. The molecule has 0 aliphatic carbocycles. The average Bonchev–Trinajstić information content (AvgIpc) is 3.25. The van der Waals surface area contributed by atoms with Gasteiger partial charge in [0, 0.05) is 38.3 Å². The lowest BCUT2D eigenvalue weighted by Gasteiger charge is -2.37. The molecule has 0 spiro atoms. The molecule has 1 saturated heterocycles. The summed E-state index contributed by atoms with van der Waals surface area (Å²) >= 11 is 0. The van der Waals surface area contributed by atoms with Crippen LogP contribution in [0.5, 0.6) is 11.5 Å². The molecule has 2 aromatic rings. The highest BCUT2D eigenvalue weighted by molar-refractivity contribution is 5.97. The van der Waals surface area contributed by atoms with Crippen molar-refractivity contribution in [2.24, 2.45) is 5.92 Å². The number of hydrogen-bond acceptors (Lipinski definition) is 5. The van der Waals surface area contributed by atoms with Gasteiger partial charge in [-0.05, 0) is 41.8 Å². The Balaban J connectivity index is 1.33. The Morgan fingerprint density at radius 1 is 1.03 bits per heavy atom. The zero-order chi connectivity index (χ0) is 22.7. The first-order valence-corrected chi connectivity index (χ1v) is 10.9. The Hall–Kier alpha value is -3.13. The van der Waals surface area contributed by atoms with E-state index in [1.165, 1.54) is 24.3 Å². The minimum absolute atomic E-state index is 0.0910. The number of hydrogen-bond donors (Lipinski definition) is 1. The molecule has 170 valence electrons. The maximum atomic E-state index is 13.5. The van der Waals surface area contributed by atoms with Crippen molar-refractivity contribution in [3.8, 4) is 11.5 Å². The standard InChI is InChI=1S/C24H28FN3O4/c1-16(2)22(26-23(29)18-4-3-5-19(25)13-18)24(30)28-10-8-27(9-11-28)14-17-6-7-20-21(12-17)32-15-31-20/h3-7,12-13,16,22H,8-11,14-15H2,1-2H3,(H,26,29). The van der Waals surface area contributed by atoms with Crippen molar-refractivity contribution in [1.82, 2.24) is 15.1 Å². The monoisotopic (exact) mass is 441 g/mol. The fourth-order valence-corrected chi connectivity index (χ4v) is 3.99. The van der Waals surface area contributed by atoms with Crippen LogP contribution in [-0.4, -0.2) is 60.6 Å². The molecule has 0 radical (unpaired) electrons. The number of fused-ring (bicyclic) bond motifs is 1. The summed E-state index contributed by atoms with van der Waals surface area (Å²) < 4.78 is 24.3. The van der Waals surface area contributed by atoms with Gasteiger partial charge in [-0.2, -0.15) is 0 Å². The molecule has 0 bridgehead atoms. The second-order valence-electron chi connectivity index (χ2n) is 8.49. The van der Waals surface area contributed by atoms with Gasteiger partial charge in [-0.1, -0.05) is 26.0 Å². The van der Waals surface area contributed by atoms with E-state index < -0.39 is 17.8 Å². The number of amides is 2. The Kier molecular flexibility index (Phi) is 6.60. The van der Waals surface area contributed by atoms with Gasteiger partial charge in [-0.3, -0.25) is 14.5 Å². The van der Waals surface area contributed by atoms with Crippen molar-refractivity contribution in [3.63, 3.8) is 0 Å². The van der Waals surface area contributed by atoms with Crippen LogP contribution in [-0.2, 0) is 11.3 Å². The summed E-state index contributed by atoms with van der Waals surface area (Å²) in [5.41, 5.74) is 1.34. The van der Waals surface area contributed by atoms with Crippen LogP contribution in [0.2, 0.25) is 0 Å². The van der Waals surface area contributed by atoms with Gasteiger partial charge in [-0.15, -0.1) is 0 Å². The number of rotatable bonds is 6. The first-order valence-electron chi connectivity index (χ1n) is 10.9. The van der Waals surface area contributed by atoms with Crippen LogP contribution in [0.4, 0.5) is 4.39 Å². The Labute approximate surface area is 187 Å². The second-order valence-corrected chi connectivity index (χ2v) is 8.49. The van der Waals surface area contributed by atoms with Crippen molar-refractivity contribution in [3.05, 3.63) is 59.4 Å². The van der Waals surface area contributed by atoms with Gasteiger partial charge in [0.05, 0.1) is 0 Å². The van der Waals surface area contributed by atoms with Gasteiger partial charge in [-0.25, -0.2) is 4.39 Å². The molecule has 1 N–H and O–H groups in total. The van der Waals surface area contributed by atoms with Crippen LogP contribution in [0.15, 0.2) is 42.5 Å². The summed E-state index contributed by atoms with van der Waals surface area (Å²) in [6.45, 7) is 7.46. The van der Waals surface area contributed by atoms with Crippen LogP contribution < -0.4 is 14.8 Å². The van der Waals surface area contributed by atoms with Crippen molar-refractivity contribution < 1.29 is 23.5 Å². The molecule has 32 heavy (non-hydrogen) atoms. The number of halogens is 1. The van der Waals surface area contributed by atoms with Crippen molar-refractivity contribution in [1.29, 1.82) is 0 Å². The maximum Gasteiger partial charge on any atom is 0.252 e. The average molecular weight is 442 g/mol. The molecule has 1 atom stereocenters. The molecule has 2 aliphatic heterocycles. The predicted octanol–water partition coefficient (Wildman–Crippen LogP) is 2.65. The highest BCUT2D eigenvalue weighted by Gasteiger charge is 2.31. The lowest BCUT2D eigenvalue weighted by atomic mass is 10.0. The molecule has 4 rings (SSSR count). The SMILES string of the molecule is CC(C)C(NC(=O)c1cccc(F)c1)C(=O)N1CCN(Cc2ccc3c(c2)OCO3)CC1. The smallest absolute Gasteiger partial charge is 0.252 e. The maximum absolute atomic E-state index is 13.5. The van der Waals surface area contributed by atoms with Crippen molar-refractivity contribution in [2.75, 3.05) is 33.0 Å². The molecule has 1 unspecified atom stereocenters. The quantitative estimate of drug-likeness (QED) is 0.746. The number of ether oxygens (including phenoxy) is 2.